The van der Waals surface area contributed by atoms with E-state index in [2.05, 4.69) is 15.2 Å². The lowest BCUT2D eigenvalue weighted by molar-refractivity contribution is 0.171. The van der Waals surface area contributed by atoms with Crippen molar-refractivity contribution in [1.29, 1.82) is 0 Å². The van der Waals surface area contributed by atoms with E-state index in [9.17, 15) is 0 Å². The summed E-state index contributed by atoms with van der Waals surface area (Å²) < 4.78 is 0. The van der Waals surface area contributed by atoms with Crippen LogP contribution >= 0.6 is 0 Å². The Bertz CT molecular complexity index is 234. The average Bonchev–Trinajstić information content (AvgIpc) is 2.30. The van der Waals surface area contributed by atoms with Crippen molar-refractivity contribution in [2.24, 2.45) is 4.99 Å². The van der Waals surface area contributed by atoms with E-state index in [0.29, 0.717) is 0 Å². The van der Waals surface area contributed by atoms with Crippen molar-refractivity contribution in [3.8, 4) is 0 Å². The van der Waals surface area contributed by atoms with Gasteiger partial charge in [-0.2, -0.15) is 0 Å². The highest BCUT2D eigenvalue weighted by Gasteiger charge is 2.16. The molecule has 86 valence electrons. The van der Waals surface area contributed by atoms with E-state index < -0.39 is 0 Å². The second-order valence-electron chi connectivity index (χ2n) is 3.49. The minimum absolute atomic E-state index is 0.0136. The first kappa shape index (κ1) is 12.0. The van der Waals surface area contributed by atoms with Crippen molar-refractivity contribution in [1.82, 2.24) is 15.1 Å². The Balaban J connectivity index is 2.69. The smallest absolute Gasteiger partial charge is 0.202 e. The van der Waals surface area contributed by atoms with Crippen LogP contribution in [0.15, 0.2) is 17.3 Å². The Kier molecular flexibility index (Phi) is 5.14. The SMILES string of the molecule is C/C=C/N=C(\N(C)CO)N1CCNCC1. The molecule has 0 spiro atoms. The normalized spacial score (nSPS) is 18.6. The molecular formula is C10H20N4O. The Morgan fingerprint density at radius 2 is 2.20 bits per heavy atom. The van der Waals surface area contributed by atoms with Crippen LogP contribution in [0, 0.1) is 0 Å². The van der Waals surface area contributed by atoms with E-state index in [4.69, 9.17) is 5.11 Å². The molecule has 0 unspecified atom stereocenters. The highest BCUT2D eigenvalue weighted by atomic mass is 16.3. The van der Waals surface area contributed by atoms with Crippen LogP contribution in [0.5, 0.6) is 0 Å². The lowest BCUT2D eigenvalue weighted by Gasteiger charge is -2.33. The molecule has 1 rings (SSSR count). The predicted molar refractivity (Wildman–Crippen MR) is 61.5 cm³/mol. The molecule has 0 saturated carbocycles. The lowest BCUT2D eigenvalue weighted by atomic mass is 10.4. The molecule has 1 aliphatic rings. The molecule has 15 heavy (non-hydrogen) atoms. The van der Waals surface area contributed by atoms with Crippen LogP contribution in [-0.4, -0.2) is 60.8 Å². The number of nitrogens with one attached hydrogen (secondary N) is 1. The van der Waals surface area contributed by atoms with Crippen LogP contribution in [0.1, 0.15) is 6.92 Å². The predicted octanol–water partition coefficient (Wildman–Crippen LogP) is -0.337. The fourth-order valence-electron chi connectivity index (χ4n) is 1.49. The summed E-state index contributed by atoms with van der Waals surface area (Å²) in [5.74, 6) is 0.831. The molecule has 0 aromatic carbocycles. The maximum Gasteiger partial charge on any atom is 0.202 e. The van der Waals surface area contributed by atoms with Gasteiger partial charge in [0.25, 0.3) is 0 Å². The van der Waals surface area contributed by atoms with Crippen LogP contribution in [0.2, 0.25) is 0 Å². The van der Waals surface area contributed by atoms with Gasteiger partial charge in [-0.25, -0.2) is 4.99 Å². The molecule has 0 aromatic heterocycles. The largest absolute Gasteiger partial charge is 0.376 e. The summed E-state index contributed by atoms with van der Waals surface area (Å²) in [4.78, 5) is 8.25. The molecule has 0 atom stereocenters. The number of piperazine rings is 1. The highest BCUT2D eigenvalue weighted by Crippen LogP contribution is 1.99. The zero-order valence-corrected chi connectivity index (χ0v) is 9.48. The molecule has 0 radical (unpaired) electrons. The van der Waals surface area contributed by atoms with Gasteiger partial charge >= 0.3 is 0 Å². The Morgan fingerprint density at radius 1 is 1.53 bits per heavy atom. The summed E-state index contributed by atoms with van der Waals surface area (Å²) in [6.45, 7) is 5.71. The maximum atomic E-state index is 9.11. The summed E-state index contributed by atoms with van der Waals surface area (Å²) in [6, 6.07) is 0. The number of allylic oxidation sites excluding steroid dienone is 1. The molecule has 5 heteroatoms. The van der Waals surface area contributed by atoms with E-state index in [1.165, 1.54) is 0 Å². The Morgan fingerprint density at radius 3 is 2.73 bits per heavy atom. The molecule has 1 saturated heterocycles. The Labute approximate surface area is 91.1 Å². The quantitative estimate of drug-likeness (QED) is 0.374. The van der Waals surface area contributed by atoms with Crippen molar-refractivity contribution < 1.29 is 5.11 Å². The molecule has 0 aromatic rings. The standard InChI is InChI=1S/C10H20N4O/c1-3-4-12-10(13(2)9-15)14-7-5-11-6-8-14/h3-4,11,15H,5-9H2,1-2H3/b4-3+,12-10+. The zero-order valence-electron chi connectivity index (χ0n) is 9.48. The number of hydrogen-bond acceptors (Lipinski definition) is 3. The van der Waals surface area contributed by atoms with Gasteiger partial charge in [0.2, 0.25) is 5.96 Å². The lowest BCUT2D eigenvalue weighted by Crippen LogP contribution is -2.51. The van der Waals surface area contributed by atoms with Crippen LogP contribution < -0.4 is 5.32 Å². The molecular weight excluding hydrogens is 192 g/mol. The Hall–Kier alpha value is -1.07. The van der Waals surface area contributed by atoms with Gasteiger partial charge in [-0.3, -0.25) is 0 Å². The molecule has 0 aliphatic carbocycles. The van der Waals surface area contributed by atoms with Crippen LogP contribution in [0.25, 0.3) is 0 Å². The van der Waals surface area contributed by atoms with Gasteiger partial charge in [0.15, 0.2) is 0 Å². The first-order chi connectivity index (χ1) is 7.29. The number of hydrogen-bond donors (Lipinski definition) is 2. The van der Waals surface area contributed by atoms with E-state index in [1.807, 2.05) is 20.0 Å². The number of guanidine groups is 1. The number of aliphatic imine (C=N–C) groups is 1. The number of nitrogens with zero attached hydrogens (tertiary/aromatic N) is 3. The molecule has 2 N–H and O–H groups in total. The number of rotatable bonds is 2. The average molecular weight is 212 g/mol. The fourth-order valence-corrected chi connectivity index (χ4v) is 1.49. The third-order valence-corrected chi connectivity index (χ3v) is 2.29. The number of aliphatic hydroxyl groups excluding tert-OH is 1. The zero-order chi connectivity index (χ0) is 11.1. The minimum atomic E-state index is -0.0136. The molecule has 0 bridgehead atoms. The monoisotopic (exact) mass is 212 g/mol. The summed E-state index contributed by atoms with van der Waals surface area (Å²) in [6.07, 6.45) is 3.64. The van der Waals surface area contributed by atoms with E-state index in [-0.39, 0.29) is 6.73 Å². The molecule has 1 heterocycles. The van der Waals surface area contributed by atoms with Crippen molar-refractivity contribution >= 4 is 5.96 Å². The third-order valence-electron chi connectivity index (χ3n) is 2.29. The highest BCUT2D eigenvalue weighted by molar-refractivity contribution is 5.80. The van der Waals surface area contributed by atoms with Gasteiger partial charge in [-0.05, 0) is 6.92 Å². The van der Waals surface area contributed by atoms with Gasteiger partial charge in [0.05, 0.1) is 0 Å². The van der Waals surface area contributed by atoms with E-state index >= 15 is 0 Å². The third kappa shape index (κ3) is 3.53. The molecule has 1 fully saturated rings. The van der Waals surface area contributed by atoms with Gasteiger partial charge in [-0.15, -0.1) is 0 Å². The second-order valence-corrected chi connectivity index (χ2v) is 3.49. The molecule has 1 aliphatic heterocycles. The van der Waals surface area contributed by atoms with Crippen molar-refractivity contribution in [3.05, 3.63) is 12.3 Å². The maximum absolute atomic E-state index is 9.11. The topological polar surface area (TPSA) is 51.1 Å². The van der Waals surface area contributed by atoms with Crippen LogP contribution in [-0.2, 0) is 0 Å². The first-order valence-corrected chi connectivity index (χ1v) is 5.26. The van der Waals surface area contributed by atoms with E-state index in [1.54, 1.807) is 11.1 Å². The van der Waals surface area contributed by atoms with Crippen molar-refractivity contribution in [3.63, 3.8) is 0 Å². The second kappa shape index (κ2) is 6.42. The molecule has 5 nitrogen and oxygen atoms in total. The fraction of sp³-hybridized carbons (Fsp3) is 0.700. The van der Waals surface area contributed by atoms with Crippen LogP contribution in [0.3, 0.4) is 0 Å². The van der Waals surface area contributed by atoms with Gasteiger partial charge in [0.1, 0.15) is 6.73 Å². The van der Waals surface area contributed by atoms with Gasteiger partial charge < -0.3 is 20.2 Å². The summed E-state index contributed by atoms with van der Waals surface area (Å²) in [5, 5.41) is 12.4. The first-order valence-electron chi connectivity index (χ1n) is 5.26. The summed E-state index contributed by atoms with van der Waals surface area (Å²) >= 11 is 0. The van der Waals surface area contributed by atoms with Crippen molar-refractivity contribution in [2.75, 3.05) is 40.0 Å². The van der Waals surface area contributed by atoms with Crippen molar-refractivity contribution in [2.45, 2.75) is 6.92 Å². The van der Waals surface area contributed by atoms with Gasteiger partial charge in [0, 0.05) is 39.4 Å². The molecule has 0 amide bonds. The minimum Gasteiger partial charge on any atom is -0.376 e. The number of aliphatic hydroxyl groups is 1. The van der Waals surface area contributed by atoms with Crippen LogP contribution in [0.4, 0.5) is 0 Å². The summed E-state index contributed by atoms with van der Waals surface area (Å²) in [7, 11) is 1.84. The summed E-state index contributed by atoms with van der Waals surface area (Å²) in [5.41, 5.74) is 0. The van der Waals surface area contributed by atoms with Gasteiger partial charge in [-0.1, -0.05) is 6.08 Å². The van der Waals surface area contributed by atoms with E-state index in [0.717, 1.165) is 32.1 Å².